The van der Waals surface area contributed by atoms with Gasteiger partial charge in [0.05, 0.1) is 10.7 Å². The maximum Gasteiger partial charge on any atom is 0.257 e. The van der Waals surface area contributed by atoms with Crippen LogP contribution in [0.5, 0.6) is 11.5 Å². The Morgan fingerprint density at radius 1 is 1.10 bits per heavy atom. The molecule has 2 heterocycles. The van der Waals surface area contributed by atoms with Crippen molar-refractivity contribution in [1.82, 2.24) is 5.32 Å². The molecule has 8 heteroatoms. The van der Waals surface area contributed by atoms with Crippen LogP contribution < -0.4 is 25.0 Å². The third kappa shape index (κ3) is 4.79. The van der Waals surface area contributed by atoms with E-state index in [1.165, 1.54) is 12.8 Å². The van der Waals surface area contributed by atoms with E-state index in [-0.39, 0.29) is 11.0 Å². The first-order valence-corrected chi connectivity index (χ1v) is 10.8. The molecule has 1 amide bonds. The highest BCUT2D eigenvalue weighted by Crippen LogP contribution is 2.32. The number of carbonyl (C=O) groups excluding carboxylic acids is 1. The Labute approximate surface area is 186 Å². The smallest absolute Gasteiger partial charge is 0.257 e. The molecule has 0 aromatic heterocycles. The molecule has 4 rings (SSSR count). The maximum absolute atomic E-state index is 12.5. The number of nitrogens with one attached hydrogen (secondary N) is 2. The molecule has 30 heavy (non-hydrogen) atoms. The largest absolute Gasteiger partial charge is 0.486 e. The summed E-state index contributed by atoms with van der Waals surface area (Å²) in [5.74, 6) is 1.63. The normalized spacial score (nSPS) is 16.1. The Morgan fingerprint density at radius 3 is 2.57 bits per heavy atom. The van der Waals surface area contributed by atoms with E-state index in [2.05, 4.69) is 22.5 Å². The minimum Gasteiger partial charge on any atom is -0.486 e. The van der Waals surface area contributed by atoms with Crippen molar-refractivity contribution in [3.8, 4) is 11.5 Å². The van der Waals surface area contributed by atoms with Gasteiger partial charge in [-0.3, -0.25) is 10.1 Å². The minimum atomic E-state index is -0.324. The zero-order valence-corrected chi connectivity index (χ0v) is 18.3. The Balaban J connectivity index is 1.37. The van der Waals surface area contributed by atoms with Crippen molar-refractivity contribution in [2.24, 2.45) is 5.92 Å². The monoisotopic (exact) mass is 445 g/mol. The van der Waals surface area contributed by atoms with Crippen LogP contribution in [-0.2, 0) is 0 Å². The number of benzene rings is 2. The standard InChI is InChI=1S/C22H24ClN3O3S/c1-14-6-8-26(9-7-14)18-4-3-16(13-17(18)23)24-22(30)25-21(27)15-2-5-19-20(12-15)29-11-10-28-19/h2-5,12-14H,6-11H2,1H3,(H2,24,25,27,30). The molecule has 6 nitrogen and oxygen atoms in total. The van der Waals surface area contributed by atoms with E-state index in [0.717, 1.165) is 30.4 Å². The van der Waals surface area contributed by atoms with Gasteiger partial charge in [0.15, 0.2) is 16.6 Å². The summed E-state index contributed by atoms with van der Waals surface area (Å²) in [7, 11) is 0. The van der Waals surface area contributed by atoms with E-state index in [4.69, 9.17) is 33.3 Å². The zero-order chi connectivity index (χ0) is 21.1. The number of nitrogens with zero attached hydrogens (tertiary/aromatic N) is 1. The van der Waals surface area contributed by atoms with Gasteiger partial charge in [-0.1, -0.05) is 18.5 Å². The van der Waals surface area contributed by atoms with Crippen molar-refractivity contribution in [2.45, 2.75) is 19.8 Å². The quantitative estimate of drug-likeness (QED) is 0.679. The summed E-state index contributed by atoms with van der Waals surface area (Å²) >= 11 is 11.8. The van der Waals surface area contributed by atoms with Crippen LogP contribution in [0.1, 0.15) is 30.1 Å². The predicted molar refractivity (Wildman–Crippen MR) is 123 cm³/mol. The topological polar surface area (TPSA) is 62.8 Å². The molecule has 2 aromatic rings. The van der Waals surface area contributed by atoms with Crippen LogP contribution in [-0.4, -0.2) is 37.3 Å². The third-order valence-electron chi connectivity index (χ3n) is 5.36. The Morgan fingerprint density at radius 2 is 1.83 bits per heavy atom. The summed E-state index contributed by atoms with van der Waals surface area (Å²) in [5.41, 5.74) is 2.19. The van der Waals surface area contributed by atoms with E-state index >= 15 is 0 Å². The molecule has 0 radical (unpaired) electrons. The van der Waals surface area contributed by atoms with Gasteiger partial charge in [0.2, 0.25) is 0 Å². The van der Waals surface area contributed by atoms with Crippen molar-refractivity contribution in [3.05, 3.63) is 47.0 Å². The van der Waals surface area contributed by atoms with E-state index in [1.54, 1.807) is 18.2 Å². The van der Waals surface area contributed by atoms with Crippen LogP contribution in [0.3, 0.4) is 0 Å². The van der Waals surface area contributed by atoms with E-state index in [1.807, 2.05) is 18.2 Å². The molecule has 2 N–H and O–H groups in total. The summed E-state index contributed by atoms with van der Waals surface area (Å²) in [6, 6.07) is 10.8. The van der Waals surface area contributed by atoms with Gasteiger partial charge < -0.3 is 19.7 Å². The van der Waals surface area contributed by atoms with Crippen molar-refractivity contribution in [3.63, 3.8) is 0 Å². The molecule has 0 bridgehead atoms. The molecule has 0 unspecified atom stereocenters. The number of hydrogen-bond donors (Lipinski definition) is 2. The average Bonchev–Trinajstić information content (AvgIpc) is 2.74. The Hall–Kier alpha value is -2.51. The first-order valence-electron chi connectivity index (χ1n) is 10.1. The van der Waals surface area contributed by atoms with Crippen molar-refractivity contribution in [2.75, 3.05) is 36.5 Å². The van der Waals surface area contributed by atoms with Crippen LogP contribution in [0.4, 0.5) is 11.4 Å². The highest BCUT2D eigenvalue weighted by Gasteiger charge is 2.19. The van der Waals surface area contributed by atoms with Crippen molar-refractivity contribution in [1.29, 1.82) is 0 Å². The van der Waals surface area contributed by atoms with E-state index in [0.29, 0.717) is 35.3 Å². The minimum absolute atomic E-state index is 0.200. The highest BCUT2D eigenvalue weighted by atomic mass is 35.5. The molecule has 2 aliphatic heterocycles. The van der Waals surface area contributed by atoms with E-state index < -0.39 is 0 Å². The van der Waals surface area contributed by atoms with Gasteiger partial charge in [0.25, 0.3) is 5.91 Å². The second-order valence-electron chi connectivity index (χ2n) is 7.60. The first kappa shape index (κ1) is 20.8. The lowest BCUT2D eigenvalue weighted by Crippen LogP contribution is -2.34. The second kappa shape index (κ2) is 9.10. The van der Waals surface area contributed by atoms with Gasteiger partial charge in [0.1, 0.15) is 13.2 Å². The summed E-state index contributed by atoms with van der Waals surface area (Å²) < 4.78 is 11.0. The fourth-order valence-electron chi connectivity index (χ4n) is 3.61. The van der Waals surface area contributed by atoms with Crippen LogP contribution >= 0.6 is 23.8 Å². The Bertz CT molecular complexity index is 961. The summed E-state index contributed by atoms with van der Waals surface area (Å²) in [6.07, 6.45) is 2.35. The average molecular weight is 446 g/mol. The number of anilines is 2. The van der Waals surface area contributed by atoms with Crippen LogP contribution in [0.2, 0.25) is 5.02 Å². The van der Waals surface area contributed by atoms with Crippen molar-refractivity contribution < 1.29 is 14.3 Å². The zero-order valence-electron chi connectivity index (χ0n) is 16.7. The summed E-state index contributed by atoms with van der Waals surface area (Å²) in [4.78, 5) is 14.8. The number of ether oxygens (including phenoxy) is 2. The number of fused-ring (bicyclic) bond motifs is 1. The van der Waals surface area contributed by atoms with Gasteiger partial charge in [-0.15, -0.1) is 0 Å². The fourth-order valence-corrected chi connectivity index (χ4v) is 4.12. The lowest BCUT2D eigenvalue weighted by atomic mass is 9.99. The van der Waals surface area contributed by atoms with Crippen LogP contribution in [0.25, 0.3) is 0 Å². The van der Waals surface area contributed by atoms with Crippen LogP contribution in [0, 0.1) is 5.92 Å². The molecule has 0 atom stereocenters. The van der Waals surface area contributed by atoms with Crippen molar-refractivity contribution >= 4 is 46.2 Å². The summed E-state index contributed by atoms with van der Waals surface area (Å²) in [5, 5.41) is 6.57. The molecule has 1 fully saturated rings. The molecule has 2 aliphatic rings. The fraction of sp³-hybridized carbons (Fsp3) is 0.364. The lowest BCUT2D eigenvalue weighted by molar-refractivity contribution is 0.0976. The molecule has 2 aromatic carbocycles. The van der Waals surface area contributed by atoms with Gasteiger partial charge in [-0.05, 0) is 67.4 Å². The first-order chi connectivity index (χ1) is 14.5. The number of halogens is 1. The number of hydrogen-bond acceptors (Lipinski definition) is 5. The second-order valence-corrected chi connectivity index (χ2v) is 8.42. The molecule has 1 saturated heterocycles. The van der Waals surface area contributed by atoms with Crippen LogP contribution in [0.15, 0.2) is 36.4 Å². The number of rotatable bonds is 3. The Kier molecular flexibility index (Phi) is 6.29. The number of amides is 1. The molecular formula is C22H24ClN3O3S. The number of carbonyl (C=O) groups is 1. The molecule has 158 valence electrons. The van der Waals surface area contributed by atoms with Gasteiger partial charge >= 0.3 is 0 Å². The number of thiocarbonyl (C=S) groups is 1. The molecule has 0 aliphatic carbocycles. The third-order valence-corrected chi connectivity index (χ3v) is 5.87. The predicted octanol–water partition coefficient (Wildman–Crippen LogP) is 4.47. The van der Waals surface area contributed by atoms with Gasteiger partial charge in [-0.25, -0.2) is 0 Å². The van der Waals surface area contributed by atoms with Gasteiger partial charge in [0, 0.05) is 24.3 Å². The summed E-state index contributed by atoms with van der Waals surface area (Å²) in [6.45, 7) is 5.28. The number of piperidine rings is 1. The van der Waals surface area contributed by atoms with Gasteiger partial charge in [-0.2, -0.15) is 0 Å². The molecule has 0 spiro atoms. The molecular weight excluding hydrogens is 422 g/mol. The SMILES string of the molecule is CC1CCN(c2ccc(NC(=S)NC(=O)c3ccc4c(c3)OCCO4)cc2Cl)CC1. The molecule has 0 saturated carbocycles. The maximum atomic E-state index is 12.5. The lowest BCUT2D eigenvalue weighted by Gasteiger charge is -2.32. The van der Waals surface area contributed by atoms with E-state index in [9.17, 15) is 4.79 Å². The highest BCUT2D eigenvalue weighted by molar-refractivity contribution is 7.80.